The third-order valence-electron chi connectivity index (χ3n) is 5.03. The zero-order valence-electron chi connectivity index (χ0n) is 15.1. The number of benzene rings is 1. The molecule has 26 heavy (non-hydrogen) atoms. The van der Waals surface area contributed by atoms with Crippen molar-refractivity contribution in [2.45, 2.75) is 45.2 Å². The summed E-state index contributed by atoms with van der Waals surface area (Å²) in [4.78, 5) is 52.6. The van der Waals surface area contributed by atoms with E-state index in [1.165, 1.54) is 4.90 Å². The van der Waals surface area contributed by atoms with Crippen LogP contribution < -0.4 is 0 Å². The number of imide groups is 2. The van der Waals surface area contributed by atoms with E-state index in [4.69, 9.17) is 0 Å². The van der Waals surface area contributed by atoms with E-state index >= 15 is 0 Å². The summed E-state index contributed by atoms with van der Waals surface area (Å²) in [5, 5.41) is 0. The standard InChI is InChI=1S/C19H23N3O4/c1-13-7-9-14(10-8-13)11-20(2)16(23)12-21-17(24)18(25)22(19(21)26)15-5-3-4-6-15/h7-10,15H,3-6,11-12H2,1-2H3. The maximum atomic E-state index is 12.5. The van der Waals surface area contributed by atoms with Crippen molar-refractivity contribution in [3.05, 3.63) is 35.4 Å². The Morgan fingerprint density at radius 2 is 1.69 bits per heavy atom. The molecule has 0 bridgehead atoms. The van der Waals surface area contributed by atoms with Crippen LogP contribution in [0.25, 0.3) is 0 Å². The molecule has 0 radical (unpaired) electrons. The molecule has 1 saturated carbocycles. The molecule has 138 valence electrons. The second-order valence-electron chi connectivity index (χ2n) is 7.02. The minimum atomic E-state index is -0.904. The Morgan fingerprint density at radius 3 is 2.31 bits per heavy atom. The summed E-state index contributed by atoms with van der Waals surface area (Å²) in [6.07, 6.45) is 3.32. The predicted molar refractivity (Wildman–Crippen MR) is 93.9 cm³/mol. The quantitative estimate of drug-likeness (QED) is 0.593. The van der Waals surface area contributed by atoms with Crippen LogP contribution in [0, 0.1) is 6.92 Å². The summed E-state index contributed by atoms with van der Waals surface area (Å²) in [6.45, 7) is 1.95. The van der Waals surface area contributed by atoms with Crippen molar-refractivity contribution in [2.24, 2.45) is 0 Å². The number of rotatable bonds is 5. The minimum absolute atomic E-state index is 0.218. The van der Waals surface area contributed by atoms with Gasteiger partial charge in [0.2, 0.25) is 5.91 Å². The summed E-state index contributed by atoms with van der Waals surface area (Å²) >= 11 is 0. The molecule has 0 atom stereocenters. The molecule has 1 heterocycles. The fourth-order valence-corrected chi connectivity index (χ4v) is 3.46. The van der Waals surface area contributed by atoms with Crippen molar-refractivity contribution < 1.29 is 19.2 Å². The lowest BCUT2D eigenvalue weighted by atomic mass is 10.1. The SMILES string of the molecule is Cc1ccc(CN(C)C(=O)CN2C(=O)C(=O)N(C3CCCC3)C2=O)cc1. The van der Waals surface area contributed by atoms with Crippen molar-refractivity contribution in [2.75, 3.05) is 13.6 Å². The molecular weight excluding hydrogens is 334 g/mol. The number of nitrogens with zero attached hydrogens (tertiary/aromatic N) is 3. The van der Waals surface area contributed by atoms with Gasteiger partial charge in [0.05, 0.1) is 0 Å². The molecule has 1 saturated heterocycles. The van der Waals surface area contributed by atoms with Gasteiger partial charge in [0, 0.05) is 19.6 Å². The zero-order chi connectivity index (χ0) is 18.8. The van der Waals surface area contributed by atoms with Crippen LogP contribution in [0.3, 0.4) is 0 Å². The van der Waals surface area contributed by atoms with Gasteiger partial charge in [-0.1, -0.05) is 42.7 Å². The summed E-state index contributed by atoms with van der Waals surface area (Å²) in [5.74, 6) is -2.09. The molecule has 7 heteroatoms. The van der Waals surface area contributed by atoms with Gasteiger partial charge in [0.1, 0.15) is 6.54 Å². The number of carbonyl (C=O) groups excluding carboxylic acids is 4. The van der Waals surface area contributed by atoms with Crippen LogP contribution in [0.5, 0.6) is 0 Å². The van der Waals surface area contributed by atoms with Crippen molar-refractivity contribution in [1.29, 1.82) is 0 Å². The van der Waals surface area contributed by atoms with Gasteiger partial charge in [0.15, 0.2) is 0 Å². The van der Waals surface area contributed by atoms with E-state index in [0.29, 0.717) is 6.54 Å². The molecule has 0 N–H and O–H groups in total. The van der Waals surface area contributed by atoms with Crippen LogP contribution in [-0.2, 0) is 20.9 Å². The Balaban J connectivity index is 1.64. The van der Waals surface area contributed by atoms with E-state index in [1.54, 1.807) is 7.05 Å². The fraction of sp³-hybridized carbons (Fsp3) is 0.474. The van der Waals surface area contributed by atoms with Crippen molar-refractivity contribution in [3.8, 4) is 0 Å². The summed E-state index contributed by atoms with van der Waals surface area (Å²) in [6, 6.07) is 6.89. The molecule has 5 amide bonds. The van der Waals surface area contributed by atoms with Crippen LogP contribution in [0.2, 0.25) is 0 Å². The van der Waals surface area contributed by atoms with Crippen LogP contribution in [0.4, 0.5) is 4.79 Å². The third kappa shape index (κ3) is 3.47. The highest BCUT2D eigenvalue weighted by Crippen LogP contribution is 2.27. The van der Waals surface area contributed by atoms with Crippen LogP contribution in [-0.4, -0.2) is 58.1 Å². The summed E-state index contributed by atoms with van der Waals surface area (Å²) < 4.78 is 0. The second-order valence-corrected chi connectivity index (χ2v) is 7.02. The van der Waals surface area contributed by atoms with E-state index in [9.17, 15) is 19.2 Å². The molecule has 1 aromatic carbocycles. The maximum Gasteiger partial charge on any atom is 0.334 e. The van der Waals surface area contributed by atoms with Gasteiger partial charge in [-0.25, -0.2) is 9.69 Å². The molecule has 0 spiro atoms. The van der Waals surface area contributed by atoms with Crippen molar-refractivity contribution in [3.63, 3.8) is 0 Å². The molecular formula is C19H23N3O4. The first-order valence-corrected chi connectivity index (χ1v) is 8.87. The highest BCUT2D eigenvalue weighted by molar-refractivity contribution is 6.45. The lowest BCUT2D eigenvalue weighted by Gasteiger charge is -2.22. The average molecular weight is 357 g/mol. The number of hydrogen-bond acceptors (Lipinski definition) is 4. The van der Waals surface area contributed by atoms with E-state index < -0.39 is 24.4 Å². The maximum absolute atomic E-state index is 12.5. The zero-order valence-corrected chi connectivity index (χ0v) is 15.1. The molecule has 0 unspecified atom stereocenters. The van der Waals surface area contributed by atoms with Crippen LogP contribution in [0.15, 0.2) is 24.3 Å². The highest BCUT2D eigenvalue weighted by Gasteiger charge is 2.48. The molecule has 1 aromatic rings. The van der Waals surface area contributed by atoms with Gasteiger partial charge in [-0.15, -0.1) is 0 Å². The van der Waals surface area contributed by atoms with Gasteiger partial charge in [-0.05, 0) is 25.3 Å². The second kappa shape index (κ2) is 7.27. The smallest absolute Gasteiger partial charge is 0.334 e. The van der Waals surface area contributed by atoms with E-state index in [-0.39, 0.29) is 11.9 Å². The largest absolute Gasteiger partial charge is 0.340 e. The number of aryl methyl sites for hydroxylation is 1. The first-order valence-electron chi connectivity index (χ1n) is 8.87. The molecule has 7 nitrogen and oxygen atoms in total. The van der Waals surface area contributed by atoms with Crippen LogP contribution >= 0.6 is 0 Å². The Kier molecular flexibility index (Phi) is 5.06. The average Bonchev–Trinajstić information content (AvgIpc) is 3.20. The number of carbonyl (C=O) groups is 4. The Morgan fingerprint density at radius 1 is 1.08 bits per heavy atom. The van der Waals surface area contributed by atoms with E-state index in [0.717, 1.165) is 46.6 Å². The van der Waals surface area contributed by atoms with Gasteiger partial charge >= 0.3 is 17.8 Å². The highest BCUT2D eigenvalue weighted by atomic mass is 16.2. The lowest BCUT2D eigenvalue weighted by molar-refractivity contribution is -0.145. The number of likely N-dealkylation sites (N-methyl/N-ethyl adjacent to an activating group) is 1. The van der Waals surface area contributed by atoms with Crippen molar-refractivity contribution in [1.82, 2.24) is 14.7 Å². The summed E-state index contributed by atoms with van der Waals surface area (Å²) in [7, 11) is 1.61. The van der Waals surface area contributed by atoms with Gasteiger partial charge in [-0.3, -0.25) is 19.3 Å². The predicted octanol–water partition coefficient (Wildman–Crippen LogP) is 1.69. The normalized spacial score (nSPS) is 18.2. The third-order valence-corrected chi connectivity index (χ3v) is 5.03. The fourth-order valence-electron chi connectivity index (χ4n) is 3.46. The minimum Gasteiger partial charge on any atom is -0.340 e. The molecule has 0 aromatic heterocycles. The number of amides is 5. The Labute approximate surface area is 152 Å². The van der Waals surface area contributed by atoms with E-state index in [2.05, 4.69) is 0 Å². The van der Waals surface area contributed by atoms with Gasteiger partial charge < -0.3 is 4.90 Å². The number of urea groups is 1. The lowest BCUT2D eigenvalue weighted by Crippen LogP contribution is -2.43. The van der Waals surface area contributed by atoms with Crippen LogP contribution in [0.1, 0.15) is 36.8 Å². The Hall–Kier alpha value is -2.70. The van der Waals surface area contributed by atoms with Gasteiger partial charge in [0.25, 0.3) is 0 Å². The monoisotopic (exact) mass is 357 g/mol. The topological polar surface area (TPSA) is 78.0 Å². The first kappa shape index (κ1) is 18.1. The summed E-state index contributed by atoms with van der Waals surface area (Å²) in [5.41, 5.74) is 2.08. The van der Waals surface area contributed by atoms with E-state index in [1.807, 2.05) is 31.2 Å². The van der Waals surface area contributed by atoms with Crippen molar-refractivity contribution >= 4 is 23.8 Å². The number of hydrogen-bond donors (Lipinski definition) is 0. The molecule has 2 fully saturated rings. The molecule has 1 aliphatic carbocycles. The first-order chi connectivity index (χ1) is 12.4. The molecule has 3 rings (SSSR count). The molecule has 1 aliphatic heterocycles. The molecule has 2 aliphatic rings. The Bertz CT molecular complexity index is 738. The van der Waals surface area contributed by atoms with Gasteiger partial charge in [-0.2, -0.15) is 0 Å².